The second kappa shape index (κ2) is 9.74. The third kappa shape index (κ3) is 7.41. The molecule has 2 rings (SSSR count). The highest BCUT2D eigenvalue weighted by Gasteiger charge is 2.09. The number of aromatic nitrogens is 3. The van der Waals surface area contributed by atoms with E-state index < -0.39 is 0 Å². The minimum absolute atomic E-state index is 0.450. The second-order valence-electron chi connectivity index (χ2n) is 8.40. The van der Waals surface area contributed by atoms with Crippen molar-refractivity contribution in [3.8, 4) is 5.69 Å². The van der Waals surface area contributed by atoms with Crippen LogP contribution in [0.15, 0.2) is 30.5 Å². The fraction of sp³-hybridized carbons (Fsp3) is 0.636. The summed E-state index contributed by atoms with van der Waals surface area (Å²) >= 11 is 0. The lowest BCUT2D eigenvalue weighted by Crippen LogP contribution is -2.04. The molecule has 1 heterocycles. The molecule has 0 saturated heterocycles. The molecule has 0 aliphatic rings. The molecular weight excluding hydrogens is 306 g/mol. The molecule has 0 aliphatic carbocycles. The van der Waals surface area contributed by atoms with E-state index in [9.17, 15) is 0 Å². The van der Waals surface area contributed by atoms with Gasteiger partial charge in [0.25, 0.3) is 0 Å². The molecule has 0 aliphatic heterocycles. The van der Waals surface area contributed by atoms with Crippen LogP contribution in [0.2, 0.25) is 0 Å². The van der Waals surface area contributed by atoms with Crippen LogP contribution in [0.25, 0.3) is 5.69 Å². The molecule has 0 amide bonds. The zero-order valence-corrected chi connectivity index (χ0v) is 16.6. The minimum atomic E-state index is 0.450. The molecular formula is C22H35N3. The van der Waals surface area contributed by atoms with E-state index in [4.69, 9.17) is 0 Å². The maximum absolute atomic E-state index is 4.31. The zero-order valence-electron chi connectivity index (χ0n) is 16.6. The van der Waals surface area contributed by atoms with Crippen LogP contribution in [0.3, 0.4) is 0 Å². The Morgan fingerprint density at radius 1 is 0.880 bits per heavy atom. The number of unbranched alkanes of at least 4 members (excludes halogenated alkanes) is 4. The van der Waals surface area contributed by atoms with Gasteiger partial charge in [0.15, 0.2) is 0 Å². The Labute approximate surface area is 153 Å². The Kier molecular flexibility index (Phi) is 7.67. The van der Waals surface area contributed by atoms with Gasteiger partial charge in [-0.25, -0.2) is 4.68 Å². The summed E-state index contributed by atoms with van der Waals surface area (Å²) in [5.74, 6) is 0. The van der Waals surface area contributed by atoms with Crippen molar-refractivity contribution in [3.63, 3.8) is 0 Å². The maximum atomic E-state index is 4.31. The smallest absolute Gasteiger partial charge is 0.0831 e. The summed E-state index contributed by atoms with van der Waals surface area (Å²) in [4.78, 5) is 0. The van der Waals surface area contributed by atoms with E-state index in [1.807, 2.05) is 4.68 Å². The Balaban J connectivity index is 1.80. The first-order chi connectivity index (χ1) is 12.0. The first-order valence-electron chi connectivity index (χ1n) is 9.98. The van der Waals surface area contributed by atoms with Gasteiger partial charge < -0.3 is 0 Å². The number of benzene rings is 1. The Morgan fingerprint density at radius 3 is 2.28 bits per heavy atom. The van der Waals surface area contributed by atoms with Crippen molar-refractivity contribution in [3.05, 3.63) is 41.7 Å². The fourth-order valence-corrected chi connectivity index (χ4v) is 3.07. The van der Waals surface area contributed by atoms with E-state index in [0.717, 1.165) is 24.2 Å². The van der Waals surface area contributed by atoms with E-state index in [2.05, 4.69) is 68.5 Å². The molecule has 1 aromatic heterocycles. The van der Waals surface area contributed by atoms with E-state index in [1.54, 1.807) is 0 Å². The van der Waals surface area contributed by atoms with Gasteiger partial charge in [-0.3, -0.25) is 0 Å². The van der Waals surface area contributed by atoms with E-state index in [-0.39, 0.29) is 0 Å². The summed E-state index contributed by atoms with van der Waals surface area (Å²) in [6.45, 7) is 9.19. The molecule has 0 unspecified atom stereocenters. The van der Waals surface area contributed by atoms with Crippen molar-refractivity contribution < 1.29 is 0 Å². The van der Waals surface area contributed by atoms with Gasteiger partial charge >= 0.3 is 0 Å². The molecule has 1 aromatic carbocycles. The Morgan fingerprint density at radius 2 is 1.60 bits per heavy atom. The SMILES string of the molecule is CCCCCCc1cn(-c2ccc(CCCCC(C)(C)C)cc2)nn1. The summed E-state index contributed by atoms with van der Waals surface area (Å²) in [6, 6.07) is 8.79. The minimum Gasteiger partial charge on any atom is -0.220 e. The van der Waals surface area contributed by atoms with Gasteiger partial charge in [0.2, 0.25) is 0 Å². The fourth-order valence-electron chi connectivity index (χ4n) is 3.07. The lowest BCUT2D eigenvalue weighted by atomic mass is 9.89. The number of hydrogen-bond donors (Lipinski definition) is 0. The van der Waals surface area contributed by atoms with E-state index in [1.165, 1.54) is 50.5 Å². The zero-order chi connectivity index (χ0) is 18.1. The summed E-state index contributed by atoms with van der Waals surface area (Å²) in [5, 5.41) is 8.59. The van der Waals surface area contributed by atoms with Crippen LogP contribution >= 0.6 is 0 Å². The molecule has 3 nitrogen and oxygen atoms in total. The predicted octanol–water partition coefficient (Wildman–Crippen LogP) is 6.15. The van der Waals surface area contributed by atoms with Crippen molar-refractivity contribution in [1.82, 2.24) is 15.0 Å². The van der Waals surface area contributed by atoms with Crippen molar-refractivity contribution in [2.75, 3.05) is 0 Å². The van der Waals surface area contributed by atoms with Crippen LogP contribution in [0, 0.1) is 5.41 Å². The van der Waals surface area contributed by atoms with Gasteiger partial charge in [0.05, 0.1) is 17.6 Å². The van der Waals surface area contributed by atoms with Crippen LogP contribution in [0.4, 0.5) is 0 Å². The van der Waals surface area contributed by atoms with Gasteiger partial charge in [-0.2, -0.15) is 0 Å². The van der Waals surface area contributed by atoms with E-state index >= 15 is 0 Å². The standard InChI is InChI=1S/C22H35N3/c1-5-6-7-8-12-20-18-25(24-23-20)21-15-13-19(14-16-21)11-9-10-17-22(2,3)4/h13-16,18H,5-12,17H2,1-4H3. The summed E-state index contributed by atoms with van der Waals surface area (Å²) in [5.41, 5.74) is 4.07. The van der Waals surface area contributed by atoms with Gasteiger partial charge in [-0.05, 0) is 55.2 Å². The molecule has 2 aromatic rings. The highest BCUT2D eigenvalue weighted by molar-refractivity contribution is 5.33. The predicted molar refractivity (Wildman–Crippen MR) is 106 cm³/mol. The van der Waals surface area contributed by atoms with Crippen LogP contribution in [-0.4, -0.2) is 15.0 Å². The molecule has 3 heteroatoms. The lowest BCUT2D eigenvalue weighted by Gasteiger charge is -2.17. The first kappa shape index (κ1) is 19.7. The molecule has 0 N–H and O–H groups in total. The third-order valence-corrected chi connectivity index (χ3v) is 4.67. The van der Waals surface area contributed by atoms with Crippen LogP contribution in [0.5, 0.6) is 0 Å². The lowest BCUT2D eigenvalue weighted by molar-refractivity contribution is 0.360. The summed E-state index contributed by atoms with van der Waals surface area (Å²) in [7, 11) is 0. The number of hydrogen-bond acceptors (Lipinski definition) is 2. The average molecular weight is 342 g/mol. The van der Waals surface area contributed by atoms with Crippen molar-refractivity contribution in [2.45, 2.75) is 85.5 Å². The molecule has 0 fully saturated rings. The van der Waals surface area contributed by atoms with Crippen LogP contribution < -0.4 is 0 Å². The first-order valence-corrected chi connectivity index (χ1v) is 9.98. The van der Waals surface area contributed by atoms with Crippen LogP contribution in [-0.2, 0) is 12.8 Å². The van der Waals surface area contributed by atoms with Gasteiger partial charge in [-0.15, -0.1) is 5.10 Å². The highest BCUT2D eigenvalue weighted by atomic mass is 15.4. The number of nitrogens with zero attached hydrogens (tertiary/aromatic N) is 3. The molecule has 25 heavy (non-hydrogen) atoms. The molecule has 0 spiro atoms. The number of aryl methyl sites for hydroxylation is 2. The topological polar surface area (TPSA) is 30.7 Å². The van der Waals surface area contributed by atoms with E-state index in [0.29, 0.717) is 5.41 Å². The molecule has 0 bridgehead atoms. The summed E-state index contributed by atoms with van der Waals surface area (Å²) < 4.78 is 1.90. The summed E-state index contributed by atoms with van der Waals surface area (Å²) in [6.07, 6.45) is 13.2. The average Bonchev–Trinajstić information content (AvgIpc) is 3.04. The maximum Gasteiger partial charge on any atom is 0.0831 e. The molecule has 0 saturated carbocycles. The Bertz CT molecular complexity index is 605. The second-order valence-corrected chi connectivity index (χ2v) is 8.40. The van der Waals surface area contributed by atoms with Crippen molar-refractivity contribution in [1.29, 1.82) is 0 Å². The van der Waals surface area contributed by atoms with Crippen molar-refractivity contribution >= 4 is 0 Å². The monoisotopic (exact) mass is 341 g/mol. The Hall–Kier alpha value is -1.64. The van der Waals surface area contributed by atoms with Crippen LogP contribution in [0.1, 0.15) is 83.9 Å². The third-order valence-electron chi connectivity index (χ3n) is 4.67. The van der Waals surface area contributed by atoms with Gasteiger partial charge in [0.1, 0.15) is 0 Å². The quantitative estimate of drug-likeness (QED) is 0.485. The molecule has 138 valence electrons. The van der Waals surface area contributed by atoms with Gasteiger partial charge in [0, 0.05) is 0 Å². The number of rotatable bonds is 10. The molecule has 0 radical (unpaired) electrons. The molecule has 0 atom stereocenters. The normalized spacial score (nSPS) is 11.8. The highest BCUT2D eigenvalue weighted by Crippen LogP contribution is 2.22. The van der Waals surface area contributed by atoms with Gasteiger partial charge in [-0.1, -0.05) is 70.7 Å². The van der Waals surface area contributed by atoms with Crippen molar-refractivity contribution in [2.24, 2.45) is 5.41 Å². The largest absolute Gasteiger partial charge is 0.220 e.